The first-order valence-electron chi connectivity index (χ1n) is 9.26. The number of aliphatic imine (C=N–C) groups is 1. The quantitative estimate of drug-likeness (QED) is 0.814. The normalized spacial score (nSPS) is 17.0. The van der Waals surface area contributed by atoms with Crippen molar-refractivity contribution in [1.29, 1.82) is 0 Å². The van der Waals surface area contributed by atoms with E-state index in [0.717, 1.165) is 35.0 Å². The number of methoxy groups -OCH3 is 1. The maximum atomic E-state index is 12.3. The molecule has 0 radical (unpaired) electrons. The van der Waals surface area contributed by atoms with Crippen LogP contribution in [-0.2, 0) is 11.2 Å². The van der Waals surface area contributed by atoms with Gasteiger partial charge >= 0.3 is 0 Å². The number of amides is 1. The van der Waals surface area contributed by atoms with Crippen molar-refractivity contribution in [3.63, 3.8) is 0 Å². The predicted molar refractivity (Wildman–Crippen MR) is 113 cm³/mol. The van der Waals surface area contributed by atoms with E-state index >= 15 is 0 Å². The van der Waals surface area contributed by atoms with E-state index in [0.29, 0.717) is 12.3 Å². The second-order valence-corrected chi connectivity index (χ2v) is 7.53. The van der Waals surface area contributed by atoms with Crippen LogP contribution in [0.1, 0.15) is 23.6 Å². The number of amidine groups is 1. The molecule has 0 aromatic heterocycles. The highest BCUT2D eigenvalue weighted by molar-refractivity contribution is 8.14. The topological polar surface area (TPSA) is 66.3 Å². The smallest absolute Gasteiger partial charge is 0.230 e. The molecule has 1 amide bonds. The van der Waals surface area contributed by atoms with Crippen LogP contribution in [0.15, 0.2) is 58.6 Å². The number of nitrogens with one attached hydrogen (secondary N) is 1. The zero-order valence-corrected chi connectivity index (χ0v) is 16.5. The van der Waals surface area contributed by atoms with Crippen LogP contribution < -0.4 is 10.1 Å². The summed E-state index contributed by atoms with van der Waals surface area (Å²) in [5.74, 6) is 1.16. The summed E-state index contributed by atoms with van der Waals surface area (Å²) in [6.07, 6.45) is 3.57. The minimum absolute atomic E-state index is 0.000188. The summed E-state index contributed by atoms with van der Waals surface area (Å²) in [6.45, 7) is 0.603. The second kappa shape index (κ2) is 8.48. The van der Waals surface area contributed by atoms with Gasteiger partial charge in [-0.1, -0.05) is 42.1 Å². The number of carbonyl (C=O) groups is 1. The van der Waals surface area contributed by atoms with Crippen LogP contribution in [0.4, 0.5) is 5.69 Å². The molecule has 2 aromatic carbocycles. The highest BCUT2D eigenvalue weighted by atomic mass is 32.2. The van der Waals surface area contributed by atoms with E-state index in [4.69, 9.17) is 9.73 Å². The lowest BCUT2D eigenvalue weighted by atomic mass is 10.0. The first-order chi connectivity index (χ1) is 13.7. The van der Waals surface area contributed by atoms with Crippen LogP contribution in [0.3, 0.4) is 0 Å². The fourth-order valence-corrected chi connectivity index (χ4v) is 4.13. The fourth-order valence-electron chi connectivity index (χ4n) is 3.30. The summed E-state index contributed by atoms with van der Waals surface area (Å²) in [4.78, 5) is 17.0. The molecule has 0 saturated heterocycles. The van der Waals surface area contributed by atoms with E-state index in [1.807, 2.05) is 53.7 Å². The Bertz CT molecular complexity index is 911. The van der Waals surface area contributed by atoms with E-state index in [-0.39, 0.29) is 11.9 Å². The first kappa shape index (κ1) is 18.6. The van der Waals surface area contributed by atoms with Gasteiger partial charge in [0, 0.05) is 24.7 Å². The number of para-hydroxylation sites is 1. The molecule has 0 fully saturated rings. The molecule has 6 nitrogen and oxygen atoms in total. The molecular weight excluding hydrogens is 372 g/mol. The Labute approximate surface area is 168 Å². The van der Waals surface area contributed by atoms with E-state index in [9.17, 15) is 4.79 Å². The molecule has 1 unspecified atom stereocenters. The van der Waals surface area contributed by atoms with Crippen molar-refractivity contribution in [2.75, 3.05) is 19.4 Å². The fraction of sp³-hybridized carbons (Fsp3) is 0.286. The Balaban J connectivity index is 1.29. The molecule has 1 N–H and O–H groups in total. The third kappa shape index (κ3) is 4.04. The van der Waals surface area contributed by atoms with Crippen molar-refractivity contribution in [3.05, 3.63) is 59.7 Å². The lowest BCUT2D eigenvalue weighted by Crippen LogP contribution is -2.31. The molecule has 1 atom stereocenters. The van der Waals surface area contributed by atoms with Gasteiger partial charge in [0.2, 0.25) is 5.91 Å². The van der Waals surface area contributed by atoms with Gasteiger partial charge in [0.1, 0.15) is 5.75 Å². The monoisotopic (exact) mass is 394 g/mol. The SMILES string of the molecule is COc1ccc(CCNC(=O)CSC2=Nc3ccccc3C3CC=NN23)cc1. The summed E-state index contributed by atoms with van der Waals surface area (Å²) in [5, 5.41) is 10.1. The molecule has 0 bridgehead atoms. The Morgan fingerprint density at radius 3 is 2.89 bits per heavy atom. The standard InChI is InChI=1S/C21H22N4O2S/c1-27-16-8-6-15(7-9-16)10-12-22-20(26)14-28-21-24-18-5-3-2-4-17(18)19-11-13-23-25(19)21/h2-9,13,19H,10-12,14H2,1H3,(H,22,26). The van der Waals surface area contributed by atoms with E-state index in [2.05, 4.69) is 16.5 Å². The zero-order chi connectivity index (χ0) is 19.3. The lowest BCUT2D eigenvalue weighted by molar-refractivity contribution is -0.118. The van der Waals surface area contributed by atoms with Gasteiger partial charge in [-0.3, -0.25) is 4.79 Å². The van der Waals surface area contributed by atoms with Crippen molar-refractivity contribution in [2.24, 2.45) is 10.1 Å². The van der Waals surface area contributed by atoms with Crippen LogP contribution >= 0.6 is 11.8 Å². The molecule has 2 heterocycles. The first-order valence-corrected chi connectivity index (χ1v) is 10.2. The highest BCUT2D eigenvalue weighted by Crippen LogP contribution is 2.40. The van der Waals surface area contributed by atoms with Crippen molar-refractivity contribution < 1.29 is 9.53 Å². The van der Waals surface area contributed by atoms with Crippen molar-refractivity contribution in [1.82, 2.24) is 10.3 Å². The highest BCUT2D eigenvalue weighted by Gasteiger charge is 2.32. The molecule has 7 heteroatoms. The summed E-state index contributed by atoms with van der Waals surface area (Å²) in [5.41, 5.74) is 3.32. The Hall–Kier alpha value is -2.80. The van der Waals surface area contributed by atoms with Gasteiger partial charge in [-0.05, 0) is 30.2 Å². The van der Waals surface area contributed by atoms with Crippen molar-refractivity contribution in [2.45, 2.75) is 18.9 Å². The lowest BCUT2D eigenvalue weighted by Gasteiger charge is -2.29. The number of carbonyl (C=O) groups excluding carboxylic acids is 1. The summed E-state index contributed by atoms with van der Waals surface area (Å²) in [6, 6.07) is 16.2. The summed E-state index contributed by atoms with van der Waals surface area (Å²) >= 11 is 1.43. The van der Waals surface area contributed by atoms with Gasteiger partial charge in [-0.15, -0.1) is 0 Å². The molecule has 4 rings (SSSR count). The van der Waals surface area contributed by atoms with Crippen molar-refractivity contribution >= 4 is 34.7 Å². The zero-order valence-electron chi connectivity index (χ0n) is 15.7. The average molecular weight is 395 g/mol. The molecule has 0 spiro atoms. The van der Waals surface area contributed by atoms with E-state index in [1.165, 1.54) is 17.3 Å². The van der Waals surface area contributed by atoms with Crippen LogP contribution in [0, 0.1) is 0 Å². The number of hydrogen-bond acceptors (Lipinski definition) is 6. The summed E-state index contributed by atoms with van der Waals surface area (Å²) < 4.78 is 5.16. The average Bonchev–Trinajstić information content (AvgIpc) is 3.23. The largest absolute Gasteiger partial charge is 0.497 e. The third-order valence-corrected chi connectivity index (χ3v) is 5.71. The Morgan fingerprint density at radius 2 is 2.07 bits per heavy atom. The molecule has 144 valence electrons. The maximum Gasteiger partial charge on any atom is 0.230 e. The van der Waals surface area contributed by atoms with Gasteiger partial charge in [-0.2, -0.15) is 5.10 Å². The van der Waals surface area contributed by atoms with Crippen molar-refractivity contribution in [3.8, 4) is 5.75 Å². The maximum absolute atomic E-state index is 12.3. The molecule has 0 saturated carbocycles. The minimum atomic E-state index is -0.000188. The number of benzene rings is 2. The number of hydrogen-bond donors (Lipinski definition) is 1. The van der Waals surface area contributed by atoms with E-state index in [1.54, 1.807) is 7.11 Å². The predicted octanol–water partition coefficient (Wildman–Crippen LogP) is 3.52. The number of ether oxygens (including phenoxy) is 1. The molecular formula is C21H22N4O2S. The van der Waals surface area contributed by atoms with Crippen LogP contribution in [0.25, 0.3) is 0 Å². The number of hydrazone groups is 1. The molecule has 28 heavy (non-hydrogen) atoms. The molecule has 0 aliphatic carbocycles. The van der Waals surface area contributed by atoms with Gasteiger partial charge in [0.25, 0.3) is 0 Å². The second-order valence-electron chi connectivity index (χ2n) is 6.58. The minimum Gasteiger partial charge on any atom is -0.497 e. The van der Waals surface area contributed by atoms with Crippen LogP contribution in [-0.4, -0.2) is 41.7 Å². The van der Waals surface area contributed by atoms with Crippen LogP contribution in [0.5, 0.6) is 5.75 Å². The molecule has 2 aromatic rings. The van der Waals surface area contributed by atoms with Gasteiger partial charge < -0.3 is 10.1 Å². The number of thioether (sulfide) groups is 1. The summed E-state index contributed by atoms with van der Waals surface area (Å²) in [7, 11) is 1.65. The van der Waals surface area contributed by atoms with Gasteiger partial charge in [-0.25, -0.2) is 10.0 Å². The van der Waals surface area contributed by atoms with Gasteiger partial charge in [0.15, 0.2) is 5.17 Å². The van der Waals surface area contributed by atoms with Gasteiger partial charge in [0.05, 0.1) is 24.6 Å². The number of nitrogens with zero attached hydrogens (tertiary/aromatic N) is 3. The number of fused-ring (bicyclic) bond motifs is 3. The third-order valence-electron chi connectivity index (χ3n) is 4.77. The van der Waals surface area contributed by atoms with E-state index < -0.39 is 0 Å². The molecule has 2 aliphatic heterocycles. The molecule has 2 aliphatic rings. The Morgan fingerprint density at radius 1 is 1.25 bits per heavy atom. The van der Waals surface area contributed by atoms with Crippen LogP contribution in [0.2, 0.25) is 0 Å². The number of rotatable bonds is 6. The Kier molecular flexibility index (Phi) is 5.62.